The molecule has 1 saturated heterocycles. The molecule has 1 fully saturated rings. The van der Waals surface area contributed by atoms with E-state index in [0.29, 0.717) is 30.5 Å². The van der Waals surface area contributed by atoms with Gasteiger partial charge in [-0.1, -0.05) is 30.3 Å². The Balaban J connectivity index is 1.37. The zero-order chi connectivity index (χ0) is 27.6. The fourth-order valence-electron chi connectivity index (χ4n) is 4.33. The van der Waals surface area contributed by atoms with Crippen LogP contribution in [0.15, 0.2) is 54.6 Å². The van der Waals surface area contributed by atoms with Crippen LogP contribution >= 0.6 is 0 Å². The van der Waals surface area contributed by atoms with Crippen LogP contribution in [-0.4, -0.2) is 86.7 Å². The molecule has 4 rings (SSSR count). The summed E-state index contributed by atoms with van der Waals surface area (Å²) >= 11 is 0. The molecule has 2 heterocycles. The van der Waals surface area contributed by atoms with E-state index < -0.39 is 0 Å². The number of benzene rings is 2. The average Bonchev–Trinajstić information content (AvgIpc) is 2.95. The van der Waals surface area contributed by atoms with Crippen LogP contribution in [0.4, 0.5) is 17.3 Å². The highest BCUT2D eigenvalue weighted by atomic mass is 16.5. The Hall–Kier alpha value is -4.38. The molecule has 0 bridgehead atoms. The number of carbonyl (C=O) groups excluding carboxylic acids is 2. The lowest BCUT2D eigenvalue weighted by Crippen LogP contribution is -2.48. The van der Waals surface area contributed by atoms with Crippen molar-refractivity contribution in [2.75, 3.05) is 75.6 Å². The first-order valence-electron chi connectivity index (χ1n) is 12.9. The molecule has 0 atom stereocenters. The SMILES string of the molecule is COc1ccc(N2CCN(CC(=O)Nc3cc(NCCNC(C)=O)nc(-c4ccccc4)n3)CC2)c(OC)c1. The van der Waals surface area contributed by atoms with Crippen molar-refractivity contribution in [3.8, 4) is 22.9 Å². The monoisotopic (exact) mass is 533 g/mol. The Morgan fingerprint density at radius 3 is 2.33 bits per heavy atom. The highest BCUT2D eigenvalue weighted by molar-refractivity contribution is 5.92. The number of nitrogens with one attached hydrogen (secondary N) is 3. The zero-order valence-electron chi connectivity index (χ0n) is 22.6. The number of anilines is 3. The molecule has 1 aliphatic rings. The van der Waals surface area contributed by atoms with Crippen LogP contribution in [0.1, 0.15) is 6.92 Å². The van der Waals surface area contributed by atoms with Gasteiger partial charge in [-0.2, -0.15) is 0 Å². The average molecular weight is 534 g/mol. The normalized spacial score (nSPS) is 13.5. The number of piperazine rings is 1. The molecule has 0 unspecified atom stereocenters. The second-order valence-electron chi connectivity index (χ2n) is 9.09. The van der Waals surface area contributed by atoms with Gasteiger partial charge in [-0.3, -0.25) is 14.5 Å². The molecule has 206 valence electrons. The van der Waals surface area contributed by atoms with E-state index in [1.165, 1.54) is 6.92 Å². The highest BCUT2D eigenvalue weighted by Gasteiger charge is 2.22. The van der Waals surface area contributed by atoms with Gasteiger partial charge in [0, 0.05) is 63.9 Å². The van der Waals surface area contributed by atoms with E-state index in [0.717, 1.165) is 48.9 Å². The summed E-state index contributed by atoms with van der Waals surface area (Å²) in [6.45, 7) is 5.67. The van der Waals surface area contributed by atoms with Gasteiger partial charge in [0.1, 0.15) is 23.1 Å². The van der Waals surface area contributed by atoms with Crippen molar-refractivity contribution in [1.29, 1.82) is 0 Å². The minimum absolute atomic E-state index is 0.0959. The zero-order valence-corrected chi connectivity index (χ0v) is 22.6. The van der Waals surface area contributed by atoms with Gasteiger partial charge in [-0.15, -0.1) is 0 Å². The quantitative estimate of drug-likeness (QED) is 0.319. The fraction of sp³-hybridized carbons (Fsp3) is 0.357. The van der Waals surface area contributed by atoms with E-state index in [2.05, 4.69) is 35.7 Å². The molecular weight excluding hydrogens is 498 g/mol. The summed E-state index contributed by atoms with van der Waals surface area (Å²) in [5, 5.41) is 8.87. The van der Waals surface area contributed by atoms with E-state index in [1.54, 1.807) is 20.3 Å². The second-order valence-corrected chi connectivity index (χ2v) is 9.09. The number of nitrogens with zero attached hydrogens (tertiary/aromatic N) is 4. The molecule has 2 aromatic carbocycles. The van der Waals surface area contributed by atoms with Crippen LogP contribution in [0.3, 0.4) is 0 Å². The van der Waals surface area contributed by atoms with Crippen molar-refractivity contribution in [2.24, 2.45) is 0 Å². The maximum atomic E-state index is 13.0. The third-order valence-corrected chi connectivity index (χ3v) is 6.30. The number of methoxy groups -OCH3 is 2. The molecule has 0 aliphatic carbocycles. The van der Waals surface area contributed by atoms with Crippen molar-refractivity contribution in [3.05, 3.63) is 54.6 Å². The van der Waals surface area contributed by atoms with E-state index in [1.807, 2.05) is 48.5 Å². The van der Waals surface area contributed by atoms with Gasteiger partial charge < -0.3 is 30.3 Å². The molecule has 1 aromatic heterocycles. The minimum atomic E-state index is -0.146. The molecule has 3 aromatic rings. The predicted octanol–water partition coefficient (Wildman–Crippen LogP) is 2.47. The number of ether oxygens (including phenoxy) is 2. The van der Waals surface area contributed by atoms with Gasteiger partial charge in [0.05, 0.1) is 26.5 Å². The van der Waals surface area contributed by atoms with E-state index in [9.17, 15) is 9.59 Å². The van der Waals surface area contributed by atoms with Crippen LogP contribution in [0.5, 0.6) is 11.5 Å². The molecule has 11 heteroatoms. The van der Waals surface area contributed by atoms with Crippen LogP contribution in [0.2, 0.25) is 0 Å². The first kappa shape index (κ1) is 27.6. The van der Waals surface area contributed by atoms with Gasteiger partial charge in [0.15, 0.2) is 5.82 Å². The summed E-state index contributed by atoms with van der Waals surface area (Å²) in [6.07, 6.45) is 0. The summed E-state index contributed by atoms with van der Waals surface area (Å²) in [5.41, 5.74) is 1.85. The third-order valence-electron chi connectivity index (χ3n) is 6.30. The van der Waals surface area contributed by atoms with Crippen LogP contribution < -0.4 is 30.3 Å². The molecule has 3 N–H and O–H groups in total. The van der Waals surface area contributed by atoms with Crippen LogP contribution in [0.25, 0.3) is 11.4 Å². The Labute approximate surface area is 228 Å². The summed E-state index contributed by atoms with van der Waals surface area (Å²) in [4.78, 5) is 37.6. The van der Waals surface area contributed by atoms with Crippen LogP contribution in [0, 0.1) is 0 Å². The smallest absolute Gasteiger partial charge is 0.239 e. The third kappa shape index (κ3) is 7.81. The standard InChI is InChI=1S/C28H35N7O4/c1-20(36)29-11-12-30-25-18-26(33-28(32-25)21-7-5-4-6-8-21)31-27(37)19-34-13-15-35(16-14-34)23-10-9-22(38-2)17-24(23)39-3/h4-10,17-18H,11-16,19H2,1-3H3,(H,29,36)(H2,30,31,32,33,37). The van der Waals surface area contributed by atoms with Crippen molar-refractivity contribution in [1.82, 2.24) is 20.2 Å². The van der Waals surface area contributed by atoms with Gasteiger partial charge in [0.25, 0.3) is 0 Å². The Kier molecular flexibility index (Phi) is 9.52. The van der Waals surface area contributed by atoms with Crippen molar-refractivity contribution < 1.29 is 19.1 Å². The minimum Gasteiger partial charge on any atom is -0.497 e. The lowest BCUT2D eigenvalue weighted by molar-refractivity contribution is -0.119. The maximum Gasteiger partial charge on any atom is 0.239 e. The number of aromatic nitrogens is 2. The number of rotatable bonds is 11. The lowest BCUT2D eigenvalue weighted by Gasteiger charge is -2.36. The molecule has 39 heavy (non-hydrogen) atoms. The van der Waals surface area contributed by atoms with Gasteiger partial charge >= 0.3 is 0 Å². The van der Waals surface area contributed by atoms with Crippen LogP contribution in [-0.2, 0) is 9.59 Å². The first-order valence-corrected chi connectivity index (χ1v) is 12.9. The summed E-state index contributed by atoms with van der Waals surface area (Å²) in [5.74, 6) is 2.74. The predicted molar refractivity (Wildman–Crippen MR) is 151 cm³/mol. The maximum absolute atomic E-state index is 13.0. The molecular formula is C28H35N7O4. The fourth-order valence-corrected chi connectivity index (χ4v) is 4.33. The lowest BCUT2D eigenvalue weighted by atomic mass is 10.2. The number of hydrogen-bond acceptors (Lipinski definition) is 9. The summed E-state index contributed by atoms with van der Waals surface area (Å²) < 4.78 is 10.9. The Morgan fingerprint density at radius 2 is 1.64 bits per heavy atom. The largest absolute Gasteiger partial charge is 0.497 e. The van der Waals surface area contributed by atoms with Gasteiger partial charge in [-0.25, -0.2) is 9.97 Å². The molecule has 1 aliphatic heterocycles. The summed E-state index contributed by atoms with van der Waals surface area (Å²) in [7, 11) is 3.28. The number of amides is 2. The number of hydrogen-bond donors (Lipinski definition) is 3. The van der Waals surface area contributed by atoms with Crippen molar-refractivity contribution in [2.45, 2.75) is 6.92 Å². The van der Waals surface area contributed by atoms with Gasteiger partial charge in [-0.05, 0) is 12.1 Å². The Bertz CT molecular complexity index is 1260. The summed E-state index contributed by atoms with van der Waals surface area (Å²) in [6, 6.07) is 17.1. The molecule has 2 amide bonds. The van der Waals surface area contributed by atoms with E-state index >= 15 is 0 Å². The Morgan fingerprint density at radius 1 is 0.897 bits per heavy atom. The first-order chi connectivity index (χ1) is 18.9. The molecule has 0 spiro atoms. The van der Waals surface area contributed by atoms with Crippen molar-refractivity contribution in [3.63, 3.8) is 0 Å². The van der Waals surface area contributed by atoms with Gasteiger partial charge in [0.2, 0.25) is 11.8 Å². The number of carbonyl (C=O) groups is 2. The molecule has 0 radical (unpaired) electrons. The highest BCUT2D eigenvalue weighted by Crippen LogP contribution is 2.32. The molecule has 0 saturated carbocycles. The second kappa shape index (κ2) is 13.4. The van der Waals surface area contributed by atoms with Crippen molar-refractivity contribution >= 4 is 29.1 Å². The van der Waals surface area contributed by atoms with E-state index in [-0.39, 0.29) is 18.4 Å². The topological polar surface area (TPSA) is 121 Å². The molecule has 11 nitrogen and oxygen atoms in total. The van der Waals surface area contributed by atoms with E-state index in [4.69, 9.17) is 9.47 Å².